The average molecular weight is 345 g/mol. The highest BCUT2D eigenvalue weighted by Crippen LogP contribution is 2.33. The molecule has 6 nitrogen and oxygen atoms in total. The van der Waals surface area contributed by atoms with Crippen molar-refractivity contribution in [3.63, 3.8) is 0 Å². The molecule has 0 aromatic carbocycles. The normalized spacial score (nSPS) is 20.8. The van der Waals surface area contributed by atoms with Gasteiger partial charge in [-0.2, -0.15) is 5.10 Å². The van der Waals surface area contributed by atoms with E-state index in [9.17, 15) is 4.79 Å². The first-order chi connectivity index (χ1) is 11.7. The molecule has 1 aliphatic heterocycles. The fraction of sp³-hybridized carbons (Fsp3) is 0.529. The van der Waals surface area contributed by atoms with E-state index in [0.29, 0.717) is 0 Å². The summed E-state index contributed by atoms with van der Waals surface area (Å²) in [6.45, 7) is 3.22. The minimum absolute atomic E-state index is 0.0740. The Labute approximate surface area is 146 Å². The third-order valence-electron chi connectivity index (χ3n) is 4.97. The van der Waals surface area contributed by atoms with Gasteiger partial charge < -0.3 is 15.1 Å². The van der Waals surface area contributed by atoms with Gasteiger partial charge in [0.05, 0.1) is 17.9 Å². The molecular weight excluding hydrogens is 322 g/mol. The summed E-state index contributed by atoms with van der Waals surface area (Å²) in [5.74, 6) is 0. The van der Waals surface area contributed by atoms with Crippen molar-refractivity contribution in [3.8, 4) is 0 Å². The number of urea groups is 1. The van der Waals surface area contributed by atoms with Crippen LogP contribution in [0.2, 0.25) is 0 Å². The molecule has 0 radical (unpaired) electrons. The number of aromatic nitrogens is 2. The van der Waals surface area contributed by atoms with Crippen LogP contribution in [0.5, 0.6) is 0 Å². The van der Waals surface area contributed by atoms with Gasteiger partial charge in [-0.05, 0) is 36.3 Å². The number of carbonyl (C=O) groups excluding carboxylic acids is 1. The van der Waals surface area contributed by atoms with Crippen LogP contribution in [0.1, 0.15) is 29.3 Å². The topological polar surface area (TPSA) is 53.4 Å². The summed E-state index contributed by atoms with van der Waals surface area (Å²) in [6.07, 6.45) is 7.27. The molecule has 128 valence electrons. The monoisotopic (exact) mass is 345 g/mol. The van der Waals surface area contributed by atoms with Crippen molar-refractivity contribution in [2.75, 3.05) is 31.1 Å². The van der Waals surface area contributed by atoms with E-state index in [1.807, 2.05) is 40.4 Å². The summed E-state index contributed by atoms with van der Waals surface area (Å²) in [7, 11) is 1.93. The quantitative estimate of drug-likeness (QED) is 0.909. The third kappa shape index (κ3) is 3.00. The van der Waals surface area contributed by atoms with E-state index < -0.39 is 0 Å². The predicted molar refractivity (Wildman–Crippen MR) is 95.5 cm³/mol. The summed E-state index contributed by atoms with van der Waals surface area (Å²) in [5, 5.41) is 9.61. The molecule has 2 aromatic rings. The number of carbonyl (C=O) groups is 1. The fourth-order valence-corrected chi connectivity index (χ4v) is 4.60. The zero-order valence-electron chi connectivity index (χ0n) is 13.9. The van der Waals surface area contributed by atoms with Gasteiger partial charge >= 0.3 is 6.03 Å². The van der Waals surface area contributed by atoms with Crippen LogP contribution in [-0.4, -0.2) is 46.9 Å². The lowest BCUT2D eigenvalue weighted by Gasteiger charge is -2.36. The Balaban J connectivity index is 1.34. The lowest BCUT2D eigenvalue weighted by atomic mass is 9.94. The van der Waals surface area contributed by atoms with Crippen molar-refractivity contribution in [2.45, 2.75) is 25.3 Å². The van der Waals surface area contributed by atoms with Crippen molar-refractivity contribution >= 4 is 23.1 Å². The van der Waals surface area contributed by atoms with Gasteiger partial charge in [-0.25, -0.2) is 4.79 Å². The van der Waals surface area contributed by atoms with Gasteiger partial charge in [-0.15, -0.1) is 11.3 Å². The zero-order valence-corrected chi connectivity index (χ0v) is 14.8. The second-order valence-electron chi connectivity index (χ2n) is 6.54. The maximum Gasteiger partial charge on any atom is 0.318 e. The van der Waals surface area contributed by atoms with Crippen molar-refractivity contribution in [3.05, 3.63) is 34.3 Å². The van der Waals surface area contributed by atoms with Crippen molar-refractivity contribution in [1.29, 1.82) is 0 Å². The summed E-state index contributed by atoms with van der Waals surface area (Å²) in [6, 6.07) is 2.43. The number of nitrogens with zero attached hydrogens (tertiary/aromatic N) is 4. The molecule has 2 aromatic heterocycles. The molecule has 0 bridgehead atoms. The molecule has 7 heteroatoms. The van der Waals surface area contributed by atoms with E-state index in [4.69, 9.17) is 0 Å². The van der Waals surface area contributed by atoms with Crippen LogP contribution in [0.15, 0.2) is 23.8 Å². The Morgan fingerprint density at radius 3 is 2.92 bits per heavy atom. The predicted octanol–water partition coefficient (Wildman–Crippen LogP) is 2.39. The summed E-state index contributed by atoms with van der Waals surface area (Å²) >= 11 is 1.81. The van der Waals surface area contributed by atoms with Crippen LogP contribution < -0.4 is 10.2 Å². The molecule has 1 atom stereocenters. The summed E-state index contributed by atoms with van der Waals surface area (Å²) in [5.41, 5.74) is 2.46. The number of fused-ring (bicyclic) bond motifs is 1. The minimum Gasteiger partial charge on any atom is -0.365 e. The molecule has 1 fully saturated rings. The highest BCUT2D eigenvalue weighted by Gasteiger charge is 2.27. The van der Waals surface area contributed by atoms with Crippen LogP contribution in [0, 0.1) is 0 Å². The van der Waals surface area contributed by atoms with E-state index in [0.717, 1.165) is 51.1 Å². The van der Waals surface area contributed by atoms with Crippen molar-refractivity contribution < 1.29 is 4.79 Å². The maximum absolute atomic E-state index is 12.6. The van der Waals surface area contributed by atoms with Gasteiger partial charge in [0.1, 0.15) is 0 Å². The number of amides is 2. The fourth-order valence-electron chi connectivity index (χ4n) is 3.62. The number of hydrogen-bond acceptors (Lipinski definition) is 4. The third-order valence-corrected chi connectivity index (χ3v) is 5.97. The van der Waals surface area contributed by atoms with E-state index in [1.54, 1.807) is 0 Å². The molecule has 0 spiro atoms. The first-order valence-corrected chi connectivity index (χ1v) is 9.44. The summed E-state index contributed by atoms with van der Waals surface area (Å²) < 4.78 is 1.82. The first kappa shape index (κ1) is 15.5. The lowest BCUT2D eigenvalue weighted by molar-refractivity contribution is 0.189. The highest BCUT2D eigenvalue weighted by molar-refractivity contribution is 7.10. The van der Waals surface area contributed by atoms with Crippen molar-refractivity contribution in [2.24, 2.45) is 7.05 Å². The van der Waals surface area contributed by atoms with Crippen LogP contribution >= 0.6 is 11.3 Å². The maximum atomic E-state index is 12.6. The van der Waals surface area contributed by atoms with Gasteiger partial charge in [-0.1, -0.05) is 0 Å². The molecule has 1 N–H and O–H groups in total. The molecule has 1 saturated heterocycles. The van der Waals surface area contributed by atoms with Crippen molar-refractivity contribution in [1.82, 2.24) is 20.0 Å². The molecule has 4 rings (SSSR count). The Bertz CT molecular complexity index is 716. The van der Waals surface area contributed by atoms with Gasteiger partial charge in [0, 0.05) is 44.3 Å². The second-order valence-corrected chi connectivity index (χ2v) is 7.54. The molecule has 1 aliphatic carbocycles. The average Bonchev–Trinajstić information content (AvgIpc) is 3.24. The molecule has 24 heavy (non-hydrogen) atoms. The smallest absolute Gasteiger partial charge is 0.318 e. The van der Waals surface area contributed by atoms with E-state index >= 15 is 0 Å². The van der Waals surface area contributed by atoms with Crippen LogP contribution in [0.25, 0.3) is 0 Å². The Hall–Kier alpha value is -2.02. The van der Waals surface area contributed by atoms with Gasteiger partial charge in [0.25, 0.3) is 0 Å². The molecule has 1 unspecified atom stereocenters. The Kier molecular flexibility index (Phi) is 4.18. The Morgan fingerprint density at radius 2 is 2.17 bits per heavy atom. The number of aryl methyl sites for hydroxylation is 2. The number of nitrogens with one attached hydrogen (secondary N) is 1. The number of hydrogen-bond donors (Lipinski definition) is 1. The largest absolute Gasteiger partial charge is 0.365 e. The molecule has 2 aliphatic rings. The van der Waals surface area contributed by atoms with Crippen LogP contribution in [0.3, 0.4) is 0 Å². The number of piperazine rings is 1. The van der Waals surface area contributed by atoms with E-state index in [1.165, 1.54) is 10.4 Å². The SMILES string of the molecule is Cn1cc(N2CCN(C(=O)NC3CCCc4sccc43)CC2)cn1. The summed E-state index contributed by atoms with van der Waals surface area (Å²) in [4.78, 5) is 18.3. The van der Waals surface area contributed by atoms with Crippen LogP contribution in [-0.2, 0) is 13.5 Å². The number of rotatable bonds is 2. The van der Waals surface area contributed by atoms with Gasteiger partial charge in [-0.3, -0.25) is 4.68 Å². The molecule has 0 saturated carbocycles. The Morgan fingerprint density at radius 1 is 1.33 bits per heavy atom. The molecular formula is C17H23N5OS. The minimum atomic E-state index is 0.0740. The van der Waals surface area contributed by atoms with Crippen LogP contribution in [0.4, 0.5) is 10.5 Å². The molecule has 3 heterocycles. The number of anilines is 1. The standard InChI is InChI=1S/C17H23N5OS/c1-20-12-13(11-18-20)21-6-8-22(9-7-21)17(23)19-15-3-2-4-16-14(15)5-10-24-16/h5,10-12,15H,2-4,6-9H2,1H3,(H,19,23). The lowest BCUT2D eigenvalue weighted by Crippen LogP contribution is -2.52. The van der Waals surface area contributed by atoms with Gasteiger partial charge in [0.15, 0.2) is 0 Å². The molecule has 2 amide bonds. The second kappa shape index (κ2) is 6.47. The number of thiophene rings is 1. The van der Waals surface area contributed by atoms with Gasteiger partial charge in [0.2, 0.25) is 0 Å². The van der Waals surface area contributed by atoms with E-state index in [2.05, 4.69) is 26.8 Å². The van der Waals surface area contributed by atoms with E-state index in [-0.39, 0.29) is 12.1 Å². The highest BCUT2D eigenvalue weighted by atomic mass is 32.1. The zero-order chi connectivity index (χ0) is 16.5. The first-order valence-electron chi connectivity index (χ1n) is 8.56.